The lowest BCUT2D eigenvalue weighted by molar-refractivity contribution is 0.0616. The normalized spacial score (nSPS) is 15.4. The van der Waals surface area contributed by atoms with E-state index in [4.69, 9.17) is 0 Å². The van der Waals surface area contributed by atoms with Gasteiger partial charge in [-0.05, 0) is 81.2 Å². The number of imide groups is 1. The second-order valence-corrected chi connectivity index (χ2v) is 7.53. The molecule has 5 nitrogen and oxygen atoms in total. The quantitative estimate of drug-likeness (QED) is 0.502. The maximum Gasteiger partial charge on any atom is 0.282 e. The van der Waals surface area contributed by atoms with Crippen molar-refractivity contribution in [1.82, 2.24) is 5.01 Å². The molecule has 0 saturated carbocycles. The first-order chi connectivity index (χ1) is 13.0. The van der Waals surface area contributed by atoms with Crippen LogP contribution in [0.5, 0.6) is 5.75 Å². The van der Waals surface area contributed by atoms with Crippen molar-refractivity contribution < 1.29 is 14.7 Å². The molecule has 0 spiro atoms. The van der Waals surface area contributed by atoms with Gasteiger partial charge in [0, 0.05) is 5.39 Å². The van der Waals surface area contributed by atoms with Gasteiger partial charge in [-0.3, -0.25) is 9.59 Å². The highest BCUT2D eigenvalue weighted by Gasteiger charge is 2.34. The molecule has 1 aliphatic carbocycles. The zero-order valence-corrected chi connectivity index (χ0v) is 15.7. The molecule has 2 amide bonds. The molecular weight excluding hydrogens is 408 g/mol. The zero-order chi connectivity index (χ0) is 18.7. The molecule has 1 N–H and O–H groups in total. The highest BCUT2D eigenvalue weighted by Crippen LogP contribution is 2.38. The number of carbonyl (C=O) groups is 2. The van der Waals surface area contributed by atoms with Gasteiger partial charge in [0.25, 0.3) is 11.8 Å². The Kier molecular flexibility index (Phi) is 3.45. The smallest absolute Gasteiger partial charge is 0.282 e. The molecule has 27 heavy (non-hydrogen) atoms. The van der Waals surface area contributed by atoms with E-state index < -0.39 is 11.8 Å². The summed E-state index contributed by atoms with van der Waals surface area (Å²) in [7, 11) is 0. The first-order valence-electron chi connectivity index (χ1n) is 8.53. The van der Waals surface area contributed by atoms with Crippen molar-refractivity contribution in [2.45, 2.75) is 12.8 Å². The van der Waals surface area contributed by atoms with E-state index in [0.29, 0.717) is 21.2 Å². The Bertz CT molecular complexity index is 1140. The van der Waals surface area contributed by atoms with Crippen molar-refractivity contribution in [2.75, 3.05) is 0 Å². The maximum absolute atomic E-state index is 12.9. The minimum Gasteiger partial charge on any atom is -0.507 e. The second-order valence-electron chi connectivity index (χ2n) is 6.67. The van der Waals surface area contributed by atoms with Gasteiger partial charge in [0.05, 0.1) is 21.8 Å². The highest BCUT2D eigenvalue weighted by atomic mass is 79.9. The molecule has 1 heterocycles. The standard InChI is InChI=1S/C21H13BrN2O3/c22-16-9-11(1-8-17(16)25)10-23-24-20(26)14-6-4-12-2-3-13-5-7-15(21(24)27)19(14)18(12)13/h1,4-10,25H,2-3H2/b23-10+. The minimum atomic E-state index is -0.419. The summed E-state index contributed by atoms with van der Waals surface area (Å²) >= 11 is 3.24. The number of nitrogens with zero attached hydrogens (tertiary/aromatic N) is 2. The fraction of sp³-hybridized carbons (Fsp3) is 0.0952. The topological polar surface area (TPSA) is 70.0 Å². The number of aryl methyl sites for hydroxylation is 2. The van der Waals surface area contributed by atoms with Crippen molar-refractivity contribution in [3.8, 4) is 5.75 Å². The molecule has 3 aromatic carbocycles. The van der Waals surface area contributed by atoms with E-state index in [0.717, 1.165) is 28.6 Å². The molecule has 0 unspecified atom stereocenters. The number of phenolic OH excluding ortho intramolecular Hbond substituents is 1. The molecule has 0 atom stereocenters. The van der Waals surface area contributed by atoms with E-state index in [1.807, 2.05) is 12.1 Å². The number of hydrogen-bond acceptors (Lipinski definition) is 4. The van der Waals surface area contributed by atoms with Crippen LogP contribution in [-0.4, -0.2) is 28.1 Å². The highest BCUT2D eigenvalue weighted by molar-refractivity contribution is 9.10. The van der Waals surface area contributed by atoms with E-state index in [1.54, 1.807) is 24.3 Å². The van der Waals surface area contributed by atoms with Crippen LogP contribution in [0.3, 0.4) is 0 Å². The lowest BCUT2D eigenvalue weighted by Crippen LogP contribution is -2.36. The fourth-order valence-electron chi connectivity index (χ4n) is 3.84. The number of hydrogen-bond donors (Lipinski definition) is 1. The maximum atomic E-state index is 12.9. The summed E-state index contributed by atoms with van der Waals surface area (Å²) in [6.45, 7) is 0. The van der Waals surface area contributed by atoms with E-state index >= 15 is 0 Å². The van der Waals surface area contributed by atoms with Crippen molar-refractivity contribution >= 4 is 44.7 Å². The lowest BCUT2D eigenvalue weighted by atomic mass is 9.92. The van der Waals surface area contributed by atoms with Crippen molar-refractivity contribution in [3.63, 3.8) is 0 Å². The predicted octanol–water partition coefficient (Wildman–Crippen LogP) is 4.04. The van der Waals surface area contributed by atoms with Gasteiger partial charge in [0.2, 0.25) is 0 Å². The number of hydrazone groups is 1. The lowest BCUT2D eigenvalue weighted by Gasteiger charge is -2.23. The van der Waals surface area contributed by atoms with Crippen LogP contribution in [0.25, 0.3) is 10.8 Å². The molecule has 0 aromatic heterocycles. The van der Waals surface area contributed by atoms with Gasteiger partial charge in [-0.25, -0.2) is 0 Å². The third-order valence-corrected chi connectivity index (χ3v) is 5.77. The summed E-state index contributed by atoms with van der Waals surface area (Å²) in [6, 6.07) is 12.4. The van der Waals surface area contributed by atoms with Crippen LogP contribution >= 0.6 is 15.9 Å². The van der Waals surface area contributed by atoms with Gasteiger partial charge in [-0.15, -0.1) is 0 Å². The van der Waals surface area contributed by atoms with Crippen molar-refractivity contribution in [1.29, 1.82) is 0 Å². The number of aromatic hydroxyl groups is 1. The van der Waals surface area contributed by atoms with Gasteiger partial charge in [0.1, 0.15) is 5.75 Å². The molecule has 2 aliphatic rings. The molecular formula is C21H13BrN2O3. The predicted molar refractivity (Wildman–Crippen MR) is 105 cm³/mol. The number of carbonyl (C=O) groups excluding carboxylic acids is 2. The van der Waals surface area contributed by atoms with Crippen molar-refractivity contribution in [3.05, 3.63) is 74.8 Å². The average Bonchev–Trinajstić information content (AvgIpc) is 3.09. The summed E-state index contributed by atoms with van der Waals surface area (Å²) in [6.07, 6.45) is 3.31. The molecule has 1 aliphatic heterocycles. The second kappa shape index (κ2) is 5.76. The van der Waals surface area contributed by atoms with E-state index in [9.17, 15) is 14.7 Å². The van der Waals surface area contributed by atoms with E-state index in [2.05, 4.69) is 21.0 Å². The molecule has 0 saturated heterocycles. The van der Waals surface area contributed by atoms with E-state index in [-0.39, 0.29) is 5.75 Å². The molecule has 0 radical (unpaired) electrons. The number of rotatable bonds is 2. The zero-order valence-electron chi connectivity index (χ0n) is 14.1. The molecule has 0 bridgehead atoms. The average molecular weight is 421 g/mol. The van der Waals surface area contributed by atoms with Gasteiger partial charge >= 0.3 is 0 Å². The van der Waals surface area contributed by atoms with Crippen molar-refractivity contribution in [2.24, 2.45) is 5.10 Å². The fourth-order valence-corrected chi connectivity index (χ4v) is 4.24. The Morgan fingerprint density at radius 3 is 2.15 bits per heavy atom. The number of phenols is 1. The van der Waals surface area contributed by atoms with Crippen LogP contribution < -0.4 is 0 Å². The van der Waals surface area contributed by atoms with Gasteiger partial charge in [0.15, 0.2) is 0 Å². The summed E-state index contributed by atoms with van der Waals surface area (Å²) < 4.78 is 0.510. The molecule has 132 valence electrons. The van der Waals surface area contributed by atoms with Gasteiger partial charge < -0.3 is 5.11 Å². The third kappa shape index (κ3) is 2.33. The van der Waals surface area contributed by atoms with Crippen LogP contribution in [0.1, 0.15) is 37.4 Å². The number of amides is 2. The largest absolute Gasteiger partial charge is 0.507 e. The Morgan fingerprint density at radius 2 is 1.56 bits per heavy atom. The first kappa shape index (κ1) is 16.2. The van der Waals surface area contributed by atoms with Gasteiger partial charge in [-0.2, -0.15) is 10.1 Å². The minimum absolute atomic E-state index is 0.106. The Balaban J connectivity index is 1.61. The Morgan fingerprint density at radius 1 is 0.926 bits per heavy atom. The van der Waals surface area contributed by atoms with Crippen LogP contribution in [0.2, 0.25) is 0 Å². The SMILES string of the molecule is O=C1c2ccc3c4c(ccc(c24)C(=O)N1/N=C/c1ccc(O)c(Br)c1)CC3. The summed E-state index contributed by atoms with van der Waals surface area (Å²) in [5.74, 6) is -0.732. The van der Waals surface area contributed by atoms with Crippen LogP contribution in [0.15, 0.2) is 52.0 Å². The van der Waals surface area contributed by atoms with Crippen LogP contribution in [0.4, 0.5) is 0 Å². The summed E-state index contributed by atoms with van der Waals surface area (Å²) in [5.41, 5.74) is 4.06. The molecule has 5 rings (SSSR count). The molecule has 3 aromatic rings. The molecule has 6 heteroatoms. The van der Waals surface area contributed by atoms with Gasteiger partial charge in [-0.1, -0.05) is 12.1 Å². The summed E-state index contributed by atoms with van der Waals surface area (Å²) in [5, 5.41) is 16.4. The monoisotopic (exact) mass is 420 g/mol. The van der Waals surface area contributed by atoms with E-state index in [1.165, 1.54) is 23.4 Å². The number of benzene rings is 3. The summed E-state index contributed by atoms with van der Waals surface area (Å²) in [4.78, 5) is 25.9. The number of halogens is 1. The third-order valence-electron chi connectivity index (χ3n) is 5.14. The first-order valence-corrected chi connectivity index (χ1v) is 9.32. The van der Waals surface area contributed by atoms with Crippen LogP contribution in [-0.2, 0) is 12.8 Å². The van der Waals surface area contributed by atoms with Crippen LogP contribution in [0, 0.1) is 0 Å². The Hall–Kier alpha value is -2.99. The molecule has 0 fully saturated rings. The Labute approximate surface area is 163 Å².